The number of benzene rings is 9. The molecule has 0 amide bonds. The van der Waals surface area contributed by atoms with Crippen molar-refractivity contribution in [3.63, 3.8) is 0 Å². The fourth-order valence-electron chi connectivity index (χ4n) is 14.8. The van der Waals surface area contributed by atoms with Crippen LogP contribution in [0.1, 0.15) is 68.2 Å². The van der Waals surface area contributed by atoms with E-state index < -0.39 is 0 Å². The summed E-state index contributed by atoms with van der Waals surface area (Å²) in [5.74, 6) is 3.23. The first-order valence-corrected chi connectivity index (χ1v) is 24.5. The summed E-state index contributed by atoms with van der Waals surface area (Å²) in [6.07, 6.45) is 6.97. The van der Waals surface area contributed by atoms with Crippen molar-refractivity contribution < 1.29 is 0 Å². The molecule has 4 fully saturated rings. The summed E-state index contributed by atoms with van der Waals surface area (Å²) in [7, 11) is 0. The molecule has 1 nitrogen and oxygen atoms in total. The highest BCUT2D eigenvalue weighted by Gasteiger charge is 2.61. The summed E-state index contributed by atoms with van der Waals surface area (Å²) in [6, 6.07) is 76.1. The maximum absolute atomic E-state index is 2.64. The molecule has 9 aromatic rings. The van der Waals surface area contributed by atoms with Crippen molar-refractivity contribution in [3.8, 4) is 55.6 Å². The average Bonchev–Trinajstić information content (AvgIpc) is 3.78. The molecule has 0 atom stereocenters. The Morgan fingerprint density at radius 1 is 0.364 bits per heavy atom. The first kappa shape index (κ1) is 38.3. The van der Waals surface area contributed by atoms with Crippen LogP contribution >= 0.6 is 0 Å². The molecular weight excluding hydrogens is 795 g/mol. The van der Waals surface area contributed by atoms with Gasteiger partial charge in [0.15, 0.2) is 0 Å². The van der Waals surface area contributed by atoms with Crippen LogP contribution in [0.25, 0.3) is 66.4 Å². The van der Waals surface area contributed by atoms with Gasteiger partial charge in [0.25, 0.3) is 0 Å². The molecule has 0 aromatic heterocycles. The van der Waals surface area contributed by atoms with Gasteiger partial charge >= 0.3 is 0 Å². The fraction of sp³-hybridized carbons (Fsp3) is 0.200. The molecule has 9 aromatic carbocycles. The van der Waals surface area contributed by atoms with Gasteiger partial charge in [-0.3, -0.25) is 0 Å². The van der Waals surface area contributed by atoms with Crippen LogP contribution in [-0.2, 0) is 10.8 Å². The maximum atomic E-state index is 2.64. The molecule has 4 bridgehead atoms. The molecule has 66 heavy (non-hydrogen) atoms. The van der Waals surface area contributed by atoms with E-state index in [9.17, 15) is 0 Å². The van der Waals surface area contributed by atoms with Crippen molar-refractivity contribution >= 4 is 27.8 Å². The van der Waals surface area contributed by atoms with E-state index in [0.29, 0.717) is 11.8 Å². The predicted octanol–water partition coefficient (Wildman–Crippen LogP) is 17.3. The molecule has 15 rings (SSSR count). The lowest BCUT2D eigenvalue weighted by atomic mass is 9.43. The summed E-state index contributed by atoms with van der Waals surface area (Å²) in [6.45, 7) is 4.79. The number of hydrogen-bond donors (Lipinski definition) is 0. The molecule has 1 heteroatoms. The minimum atomic E-state index is -0.0865. The zero-order chi connectivity index (χ0) is 43.7. The van der Waals surface area contributed by atoms with Gasteiger partial charge in [-0.15, -0.1) is 0 Å². The summed E-state index contributed by atoms with van der Waals surface area (Å²) >= 11 is 0. The lowest BCUT2D eigenvalue weighted by molar-refractivity contribution is -0.0399. The van der Waals surface area contributed by atoms with Gasteiger partial charge in [-0.1, -0.05) is 178 Å². The molecule has 1 spiro atoms. The first-order valence-electron chi connectivity index (χ1n) is 24.5. The Morgan fingerprint density at radius 3 is 1.48 bits per heavy atom. The fourth-order valence-corrected chi connectivity index (χ4v) is 14.8. The molecule has 318 valence electrons. The van der Waals surface area contributed by atoms with Gasteiger partial charge in [0, 0.05) is 27.9 Å². The molecule has 6 aliphatic rings. The highest BCUT2D eigenvalue weighted by Crippen LogP contribution is 2.69. The van der Waals surface area contributed by atoms with Gasteiger partial charge < -0.3 is 4.90 Å². The average molecular weight is 848 g/mol. The van der Waals surface area contributed by atoms with E-state index in [1.807, 2.05) is 0 Å². The normalized spacial score (nSPS) is 22.3. The molecule has 0 unspecified atom stereocenters. The monoisotopic (exact) mass is 847 g/mol. The van der Waals surface area contributed by atoms with Crippen LogP contribution in [0.5, 0.6) is 0 Å². The van der Waals surface area contributed by atoms with Gasteiger partial charge in [-0.2, -0.15) is 0 Å². The smallest absolute Gasteiger partial charge is 0.0465 e. The molecular formula is C65H53N. The van der Waals surface area contributed by atoms with E-state index in [2.05, 4.69) is 219 Å². The van der Waals surface area contributed by atoms with Crippen molar-refractivity contribution in [1.29, 1.82) is 0 Å². The lowest BCUT2D eigenvalue weighted by Crippen LogP contribution is -2.55. The summed E-state index contributed by atoms with van der Waals surface area (Å²) in [5.41, 5.74) is 22.8. The molecule has 0 heterocycles. The third-order valence-corrected chi connectivity index (χ3v) is 17.2. The molecule has 0 saturated heterocycles. The Morgan fingerprint density at radius 2 is 0.833 bits per heavy atom. The highest BCUT2D eigenvalue weighted by atomic mass is 15.1. The summed E-state index contributed by atoms with van der Waals surface area (Å²) in [5, 5.41) is 2.55. The third kappa shape index (κ3) is 5.41. The van der Waals surface area contributed by atoms with Crippen molar-refractivity contribution in [2.45, 2.75) is 56.8 Å². The second kappa shape index (κ2) is 14.3. The molecule has 0 aliphatic heterocycles. The van der Waals surface area contributed by atoms with E-state index in [4.69, 9.17) is 0 Å². The van der Waals surface area contributed by atoms with Gasteiger partial charge in [0.1, 0.15) is 0 Å². The van der Waals surface area contributed by atoms with Gasteiger partial charge in [0.2, 0.25) is 0 Å². The number of hydrogen-bond acceptors (Lipinski definition) is 1. The van der Waals surface area contributed by atoms with Crippen molar-refractivity contribution in [3.05, 3.63) is 222 Å². The van der Waals surface area contributed by atoms with Crippen LogP contribution in [0.3, 0.4) is 0 Å². The topological polar surface area (TPSA) is 3.24 Å². The van der Waals surface area contributed by atoms with E-state index in [-0.39, 0.29) is 10.8 Å². The van der Waals surface area contributed by atoms with Crippen molar-refractivity contribution in [2.24, 2.45) is 23.7 Å². The summed E-state index contributed by atoms with van der Waals surface area (Å²) in [4.78, 5) is 2.54. The van der Waals surface area contributed by atoms with Crippen LogP contribution in [0, 0.1) is 23.7 Å². The third-order valence-electron chi connectivity index (χ3n) is 17.2. The Kier molecular flexibility index (Phi) is 8.29. The molecule has 0 N–H and O–H groups in total. The van der Waals surface area contributed by atoms with Crippen molar-refractivity contribution in [1.82, 2.24) is 0 Å². The largest absolute Gasteiger partial charge is 0.310 e. The standard InChI is InChI=1S/C65H53N/c1-64(2)59-23-8-6-18-56(59)58-22-12-21-54(63(58)64)45-27-31-50(32-28-45)66(49-29-25-44(26-30-49)53-20-11-16-46-15-10-19-52(62(46)53)43-13-4-3-5-14-43)51-33-34-57-55-17-7-9-24-60(55)65(61(57)40-51)47-36-41-35-42(38-47)39-48(65)37-41/h3-34,40-42,47-48H,35-39H2,1-2H3. The second-order valence-corrected chi connectivity index (χ2v) is 20.9. The van der Waals surface area contributed by atoms with Crippen LogP contribution in [0.4, 0.5) is 17.1 Å². The van der Waals surface area contributed by atoms with Crippen molar-refractivity contribution in [2.75, 3.05) is 4.90 Å². The van der Waals surface area contributed by atoms with Gasteiger partial charge in [-0.05, 0) is 181 Å². The maximum Gasteiger partial charge on any atom is 0.0465 e. The second-order valence-electron chi connectivity index (χ2n) is 20.9. The van der Waals surface area contributed by atoms with Crippen LogP contribution in [0.2, 0.25) is 0 Å². The quantitative estimate of drug-likeness (QED) is 0.161. The lowest BCUT2D eigenvalue weighted by Gasteiger charge is -2.61. The Bertz CT molecular complexity index is 3360. The van der Waals surface area contributed by atoms with E-state index >= 15 is 0 Å². The molecule has 6 aliphatic carbocycles. The highest BCUT2D eigenvalue weighted by molar-refractivity contribution is 6.06. The van der Waals surface area contributed by atoms with Crippen LogP contribution in [0.15, 0.2) is 200 Å². The molecule has 4 saturated carbocycles. The number of rotatable bonds is 6. The Labute approximate surface area is 389 Å². The summed E-state index contributed by atoms with van der Waals surface area (Å²) < 4.78 is 0. The van der Waals surface area contributed by atoms with E-state index in [1.165, 1.54) is 127 Å². The Hall–Kier alpha value is -6.96. The van der Waals surface area contributed by atoms with E-state index in [1.54, 1.807) is 11.1 Å². The van der Waals surface area contributed by atoms with Crippen LogP contribution in [-0.4, -0.2) is 0 Å². The minimum Gasteiger partial charge on any atom is -0.310 e. The zero-order valence-corrected chi connectivity index (χ0v) is 37.8. The zero-order valence-electron chi connectivity index (χ0n) is 37.8. The first-order chi connectivity index (χ1) is 32.4. The van der Waals surface area contributed by atoms with Gasteiger partial charge in [-0.25, -0.2) is 0 Å². The van der Waals surface area contributed by atoms with Crippen LogP contribution < -0.4 is 4.90 Å². The number of fused-ring (bicyclic) bond motifs is 7. The van der Waals surface area contributed by atoms with E-state index in [0.717, 1.165) is 11.8 Å². The number of anilines is 3. The Balaban J connectivity index is 0.919. The van der Waals surface area contributed by atoms with Gasteiger partial charge in [0.05, 0.1) is 0 Å². The molecule has 0 radical (unpaired) electrons. The SMILES string of the molecule is CC1(C)c2ccccc2-c2cccc(-c3ccc(N(c4ccc(-c5cccc6cccc(-c7ccccc7)c56)cc4)c4ccc5c(c4)C4(c6ccccc6-5)C5CC6CC(C5)CC4C6)cc3)c21. The number of nitrogens with zero attached hydrogens (tertiary/aromatic N) is 1. The minimum absolute atomic E-state index is 0.0865. The predicted molar refractivity (Wildman–Crippen MR) is 276 cm³/mol.